The van der Waals surface area contributed by atoms with Crippen LogP contribution in [0.4, 0.5) is 5.69 Å². The number of anilines is 1. The molecule has 0 aliphatic heterocycles. The SMILES string of the molecule is CCn1c(SCC(=O)Nc2cccc(C(=O)OC)c2)nnc1-c1cc(OC)cc(OC)c1. The lowest BCUT2D eigenvalue weighted by molar-refractivity contribution is -0.113. The summed E-state index contributed by atoms with van der Waals surface area (Å²) < 4.78 is 17.3. The normalized spacial score (nSPS) is 10.5. The highest BCUT2D eigenvalue weighted by molar-refractivity contribution is 7.99. The number of amides is 1. The summed E-state index contributed by atoms with van der Waals surface area (Å²) in [4.78, 5) is 24.1. The van der Waals surface area contributed by atoms with Crippen molar-refractivity contribution in [1.29, 1.82) is 0 Å². The van der Waals surface area contributed by atoms with Gasteiger partial charge in [-0.25, -0.2) is 4.79 Å². The molecular weight excluding hydrogens is 432 g/mol. The number of ether oxygens (including phenoxy) is 3. The number of carbonyl (C=O) groups is 2. The van der Waals surface area contributed by atoms with E-state index in [2.05, 4.69) is 15.5 Å². The van der Waals surface area contributed by atoms with Crippen LogP contribution in [0.15, 0.2) is 47.6 Å². The summed E-state index contributed by atoms with van der Waals surface area (Å²) in [5.41, 5.74) is 1.67. The molecule has 3 rings (SSSR count). The fraction of sp³-hybridized carbons (Fsp3) is 0.273. The van der Waals surface area contributed by atoms with E-state index in [-0.39, 0.29) is 11.7 Å². The summed E-state index contributed by atoms with van der Waals surface area (Å²) in [7, 11) is 4.48. The van der Waals surface area contributed by atoms with Crippen molar-refractivity contribution in [3.8, 4) is 22.9 Å². The summed E-state index contributed by atoms with van der Waals surface area (Å²) in [6.45, 7) is 2.60. The standard InChI is InChI=1S/C22H24N4O5S/c1-5-26-20(15-10-17(29-2)12-18(11-15)30-3)24-25-22(26)32-13-19(27)23-16-8-6-7-14(9-16)21(28)31-4/h6-12H,5,13H2,1-4H3,(H,23,27). The van der Waals surface area contributed by atoms with Gasteiger partial charge < -0.3 is 24.1 Å². The van der Waals surface area contributed by atoms with Crippen molar-refractivity contribution < 1.29 is 23.8 Å². The van der Waals surface area contributed by atoms with E-state index in [1.807, 2.05) is 23.6 Å². The second-order valence-corrected chi connectivity index (χ2v) is 7.50. The topological polar surface area (TPSA) is 105 Å². The van der Waals surface area contributed by atoms with Crippen LogP contribution in [0.1, 0.15) is 17.3 Å². The van der Waals surface area contributed by atoms with Gasteiger partial charge in [0.05, 0.1) is 32.6 Å². The minimum atomic E-state index is -0.465. The van der Waals surface area contributed by atoms with Crippen LogP contribution in [-0.4, -0.2) is 53.7 Å². The third-order valence-electron chi connectivity index (χ3n) is 4.54. The molecule has 0 spiro atoms. The molecule has 2 aromatic carbocycles. The van der Waals surface area contributed by atoms with Crippen LogP contribution < -0.4 is 14.8 Å². The fourth-order valence-electron chi connectivity index (χ4n) is 3.00. The smallest absolute Gasteiger partial charge is 0.337 e. The maximum atomic E-state index is 12.4. The van der Waals surface area contributed by atoms with E-state index in [4.69, 9.17) is 14.2 Å². The molecule has 0 saturated carbocycles. The Morgan fingerprint density at radius 2 is 1.75 bits per heavy atom. The van der Waals surface area contributed by atoms with Gasteiger partial charge in [0.1, 0.15) is 11.5 Å². The van der Waals surface area contributed by atoms with E-state index in [1.165, 1.54) is 18.9 Å². The Morgan fingerprint density at radius 1 is 1.03 bits per heavy atom. The van der Waals surface area contributed by atoms with E-state index in [0.29, 0.717) is 40.3 Å². The molecule has 0 bridgehead atoms. The van der Waals surface area contributed by atoms with E-state index in [9.17, 15) is 9.59 Å². The van der Waals surface area contributed by atoms with Gasteiger partial charge in [-0.05, 0) is 37.3 Å². The molecule has 0 aliphatic rings. The van der Waals surface area contributed by atoms with Crippen molar-refractivity contribution in [2.75, 3.05) is 32.4 Å². The van der Waals surface area contributed by atoms with Crippen LogP contribution in [0, 0.1) is 0 Å². The lowest BCUT2D eigenvalue weighted by Gasteiger charge is -2.10. The lowest BCUT2D eigenvalue weighted by atomic mass is 10.2. The number of nitrogens with zero attached hydrogens (tertiary/aromatic N) is 3. The third kappa shape index (κ3) is 5.38. The fourth-order valence-corrected chi connectivity index (χ4v) is 3.80. The Hall–Kier alpha value is -3.53. The minimum Gasteiger partial charge on any atom is -0.497 e. The Morgan fingerprint density at radius 3 is 2.38 bits per heavy atom. The van der Waals surface area contributed by atoms with Crippen LogP contribution in [0.25, 0.3) is 11.4 Å². The van der Waals surface area contributed by atoms with Crippen LogP contribution in [-0.2, 0) is 16.1 Å². The van der Waals surface area contributed by atoms with E-state index >= 15 is 0 Å². The van der Waals surface area contributed by atoms with Gasteiger partial charge in [0.15, 0.2) is 11.0 Å². The molecule has 0 aliphatic carbocycles. The molecule has 32 heavy (non-hydrogen) atoms. The lowest BCUT2D eigenvalue weighted by Crippen LogP contribution is -2.15. The number of aromatic nitrogens is 3. The van der Waals surface area contributed by atoms with Gasteiger partial charge in [0, 0.05) is 23.9 Å². The van der Waals surface area contributed by atoms with Crippen molar-refractivity contribution in [3.05, 3.63) is 48.0 Å². The average Bonchev–Trinajstić information content (AvgIpc) is 3.25. The highest BCUT2D eigenvalue weighted by atomic mass is 32.2. The molecule has 0 saturated heterocycles. The molecule has 0 radical (unpaired) electrons. The summed E-state index contributed by atoms with van der Waals surface area (Å²) in [6, 6.07) is 12.1. The van der Waals surface area contributed by atoms with Crippen LogP contribution in [0.3, 0.4) is 0 Å². The minimum absolute atomic E-state index is 0.127. The summed E-state index contributed by atoms with van der Waals surface area (Å²) in [5, 5.41) is 12.0. The third-order valence-corrected chi connectivity index (χ3v) is 5.51. The van der Waals surface area contributed by atoms with E-state index in [0.717, 1.165) is 5.56 Å². The molecule has 168 valence electrons. The first-order valence-electron chi connectivity index (χ1n) is 9.76. The first-order chi connectivity index (χ1) is 15.5. The number of rotatable bonds is 9. The second kappa shape index (κ2) is 10.7. The molecular formula is C22H24N4O5S. The first kappa shape index (κ1) is 23.1. The summed E-state index contributed by atoms with van der Waals surface area (Å²) >= 11 is 1.27. The Bertz CT molecular complexity index is 1090. The van der Waals surface area contributed by atoms with Crippen molar-refractivity contribution in [1.82, 2.24) is 14.8 Å². The molecule has 1 N–H and O–H groups in total. The predicted octanol–water partition coefficient (Wildman–Crippen LogP) is 3.50. The number of hydrogen-bond donors (Lipinski definition) is 1. The number of benzene rings is 2. The van der Waals surface area contributed by atoms with E-state index in [1.54, 1.807) is 44.6 Å². The van der Waals surface area contributed by atoms with Crippen LogP contribution in [0.5, 0.6) is 11.5 Å². The number of thioether (sulfide) groups is 1. The molecule has 1 amide bonds. The van der Waals surface area contributed by atoms with Gasteiger partial charge in [-0.3, -0.25) is 4.79 Å². The van der Waals surface area contributed by atoms with Crippen molar-refractivity contribution in [3.63, 3.8) is 0 Å². The predicted molar refractivity (Wildman–Crippen MR) is 121 cm³/mol. The number of nitrogens with one attached hydrogen (secondary N) is 1. The van der Waals surface area contributed by atoms with Crippen molar-refractivity contribution in [2.24, 2.45) is 0 Å². The van der Waals surface area contributed by atoms with Gasteiger partial charge in [0.25, 0.3) is 0 Å². The molecule has 3 aromatic rings. The van der Waals surface area contributed by atoms with Gasteiger partial charge >= 0.3 is 5.97 Å². The molecule has 1 heterocycles. The van der Waals surface area contributed by atoms with Crippen LogP contribution >= 0.6 is 11.8 Å². The summed E-state index contributed by atoms with van der Waals surface area (Å²) in [6.07, 6.45) is 0. The molecule has 10 heteroatoms. The van der Waals surface area contributed by atoms with Gasteiger partial charge in [0.2, 0.25) is 5.91 Å². The maximum absolute atomic E-state index is 12.4. The Labute approximate surface area is 190 Å². The van der Waals surface area contributed by atoms with Crippen molar-refractivity contribution >= 4 is 29.3 Å². The Kier molecular flexibility index (Phi) is 7.72. The Balaban J connectivity index is 1.72. The zero-order valence-electron chi connectivity index (χ0n) is 18.2. The highest BCUT2D eigenvalue weighted by Crippen LogP contribution is 2.30. The number of carbonyl (C=O) groups excluding carboxylic acids is 2. The quantitative estimate of drug-likeness (QED) is 0.385. The van der Waals surface area contributed by atoms with Crippen molar-refractivity contribution in [2.45, 2.75) is 18.6 Å². The summed E-state index contributed by atoms with van der Waals surface area (Å²) in [5.74, 6) is 1.38. The highest BCUT2D eigenvalue weighted by Gasteiger charge is 2.16. The molecule has 9 nitrogen and oxygen atoms in total. The largest absolute Gasteiger partial charge is 0.497 e. The van der Waals surface area contributed by atoms with Gasteiger partial charge in [-0.2, -0.15) is 0 Å². The molecule has 1 aromatic heterocycles. The number of methoxy groups -OCH3 is 3. The zero-order valence-corrected chi connectivity index (χ0v) is 19.1. The molecule has 0 fully saturated rings. The first-order valence-corrected chi connectivity index (χ1v) is 10.7. The van der Waals surface area contributed by atoms with Crippen LogP contribution in [0.2, 0.25) is 0 Å². The monoisotopic (exact) mass is 456 g/mol. The zero-order chi connectivity index (χ0) is 23.1. The molecule has 0 atom stereocenters. The number of esters is 1. The molecule has 0 unspecified atom stereocenters. The van der Waals surface area contributed by atoms with E-state index < -0.39 is 5.97 Å². The average molecular weight is 457 g/mol. The van der Waals surface area contributed by atoms with Gasteiger partial charge in [-0.15, -0.1) is 10.2 Å². The maximum Gasteiger partial charge on any atom is 0.337 e. The second-order valence-electron chi connectivity index (χ2n) is 6.56. The number of hydrogen-bond acceptors (Lipinski definition) is 8. The van der Waals surface area contributed by atoms with Gasteiger partial charge in [-0.1, -0.05) is 17.8 Å².